The topological polar surface area (TPSA) is 120 Å². The first-order chi connectivity index (χ1) is 12.9. The quantitative estimate of drug-likeness (QED) is 0.681. The molecule has 1 unspecified atom stereocenters. The number of aromatic amines is 1. The molecular formula is C18H18N4O5. The first-order valence-electron chi connectivity index (χ1n) is 8.14. The minimum absolute atomic E-state index is 0.149. The van der Waals surface area contributed by atoms with Crippen LogP contribution in [-0.2, 0) is 9.47 Å². The largest absolute Gasteiger partial charge is 0.465 e. The summed E-state index contributed by atoms with van der Waals surface area (Å²) in [5, 5.41) is 3.87. The summed E-state index contributed by atoms with van der Waals surface area (Å²) in [7, 11) is 1.28. The smallest absolute Gasteiger partial charge is 0.355 e. The Bertz CT molecular complexity index is 977. The molecule has 0 aliphatic rings. The second-order valence-corrected chi connectivity index (χ2v) is 5.86. The van der Waals surface area contributed by atoms with Crippen molar-refractivity contribution in [3.63, 3.8) is 0 Å². The van der Waals surface area contributed by atoms with Crippen LogP contribution in [0.3, 0.4) is 0 Å². The minimum Gasteiger partial charge on any atom is -0.465 e. The average Bonchev–Trinajstić information content (AvgIpc) is 3.27. The van der Waals surface area contributed by atoms with Gasteiger partial charge in [0.1, 0.15) is 5.69 Å². The van der Waals surface area contributed by atoms with Crippen molar-refractivity contribution >= 4 is 11.9 Å². The highest BCUT2D eigenvalue weighted by molar-refractivity contribution is 5.98. The van der Waals surface area contributed by atoms with E-state index in [2.05, 4.69) is 20.1 Å². The highest BCUT2D eigenvalue weighted by Crippen LogP contribution is 2.24. The van der Waals surface area contributed by atoms with E-state index in [9.17, 15) is 9.59 Å². The van der Waals surface area contributed by atoms with Gasteiger partial charge in [0.05, 0.1) is 12.7 Å². The number of pyridine rings is 1. The van der Waals surface area contributed by atoms with Crippen molar-refractivity contribution in [3.8, 4) is 11.4 Å². The van der Waals surface area contributed by atoms with Gasteiger partial charge >= 0.3 is 11.9 Å². The van der Waals surface area contributed by atoms with Crippen molar-refractivity contribution in [2.75, 3.05) is 7.11 Å². The number of nitrogens with one attached hydrogen (secondary N) is 1. The first-order valence-corrected chi connectivity index (χ1v) is 8.14. The molecule has 9 heteroatoms. The van der Waals surface area contributed by atoms with Gasteiger partial charge in [0.25, 0.3) is 5.89 Å². The van der Waals surface area contributed by atoms with Gasteiger partial charge in [-0.1, -0.05) is 5.16 Å². The van der Waals surface area contributed by atoms with Crippen molar-refractivity contribution in [3.05, 3.63) is 52.9 Å². The second-order valence-electron chi connectivity index (χ2n) is 5.86. The van der Waals surface area contributed by atoms with Crippen LogP contribution >= 0.6 is 0 Å². The molecule has 3 aromatic heterocycles. The first kappa shape index (κ1) is 18.3. The molecule has 0 aromatic carbocycles. The molecule has 27 heavy (non-hydrogen) atoms. The van der Waals surface area contributed by atoms with Crippen LogP contribution in [-0.4, -0.2) is 39.2 Å². The van der Waals surface area contributed by atoms with Gasteiger partial charge in [-0.25, -0.2) is 9.59 Å². The normalized spacial score (nSPS) is 11.9. The third-order valence-corrected chi connectivity index (χ3v) is 4.02. The monoisotopic (exact) mass is 370 g/mol. The van der Waals surface area contributed by atoms with E-state index in [0.29, 0.717) is 28.2 Å². The molecule has 9 nitrogen and oxygen atoms in total. The number of H-pyrrole nitrogens is 1. The molecule has 0 saturated heterocycles. The van der Waals surface area contributed by atoms with Crippen molar-refractivity contribution in [2.24, 2.45) is 0 Å². The number of nitrogens with zero attached hydrogens (tertiary/aromatic N) is 3. The molecular weight excluding hydrogens is 352 g/mol. The van der Waals surface area contributed by atoms with Crippen LogP contribution in [0.4, 0.5) is 0 Å². The number of rotatable bonds is 5. The zero-order valence-electron chi connectivity index (χ0n) is 15.3. The SMILES string of the molecule is COC(=O)c1c(C)[nH]c(C(=O)OC(C)c2nc(-c3cccnc3)no2)c1C. The lowest BCUT2D eigenvalue weighted by Gasteiger charge is -2.08. The Balaban J connectivity index is 1.77. The number of aryl methyl sites for hydroxylation is 1. The summed E-state index contributed by atoms with van der Waals surface area (Å²) in [6, 6.07) is 3.54. The fraction of sp³-hybridized carbons (Fsp3) is 0.278. The molecule has 0 fully saturated rings. The van der Waals surface area contributed by atoms with Gasteiger partial charge in [0.15, 0.2) is 6.10 Å². The fourth-order valence-corrected chi connectivity index (χ4v) is 2.64. The summed E-state index contributed by atoms with van der Waals surface area (Å²) in [5.74, 6) is -0.664. The van der Waals surface area contributed by atoms with E-state index in [1.54, 1.807) is 45.3 Å². The molecule has 0 aliphatic heterocycles. The van der Waals surface area contributed by atoms with Gasteiger partial charge in [-0.15, -0.1) is 0 Å². The second kappa shape index (κ2) is 7.40. The Morgan fingerprint density at radius 1 is 1.26 bits per heavy atom. The van der Waals surface area contributed by atoms with Crippen molar-refractivity contribution in [1.29, 1.82) is 0 Å². The van der Waals surface area contributed by atoms with Gasteiger partial charge in [-0.2, -0.15) is 4.98 Å². The van der Waals surface area contributed by atoms with Crippen LogP contribution in [0.25, 0.3) is 11.4 Å². The Morgan fingerprint density at radius 2 is 2.04 bits per heavy atom. The van der Waals surface area contributed by atoms with Crippen LogP contribution in [0, 0.1) is 13.8 Å². The number of carbonyl (C=O) groups excluding carboxylic acids is 2. The molecule has 0 radical (unpaired) electrons. The highest BCUT2D eigenvalue weighted by Gasteiger charge is 2.26. The lowest BCUT2D eigenvalue weighted by Crippen LogP contribution is -2.11. The molecule has 1 atom stereocenters. The summed E-state index contributed by atoms with van der Waals surface area (Å²) in [5.41, 5.74) is 2.15. The Hall–Kier alpha value is -3.49. The lowest BCUT2D eigenvalue weighted by molar-refractivity contribution is 0.0258. The van der Waals surface area contributed by atoms with Crippen LogP contribution in [0.2, 0.25) is 0 Å². The summed E-state index contributed by atoms with van der Waals surface area (Å²) in [6.07, 6.45) is 2.46. The van der Waals surface area contributed by atoms with Crippen LogP contribution in [0.15, 0.2) is 29.0 Å². The zero-order valence-corrected chi connectivity index (χ0v) is 15.3. The molecule has 140 valence electrons. The van der Waals surface area contributed by atoms with Crippen molar-refractivity contribution in [2.45, 2.75) is 26.9 Å². The summed E-state index contributed by atoms with van der Waals surface area (Å²) >= 11 is 0. The summed E-state index contributed by atoms with van der Waals surface area (Å²) in [4.78, 5) is 35.4. The number of hydrogen-bond donors (Lipinski definition) is 1. The maximum atomic E-state index is 12.5. The van der Waals surface area contributed by atoms with Crippen LogP contribution in [0.5, 0.6) is 0 Å². The molecule has 1 N–H and O–H groups in total. The zero-order chi connectivity index (χ0) is 19.6. The molecule has 0 amide bonds. The molecule has 0 bridgehead atoms. The Labute approximate surface area is 154 Å². The van der Waals surface area contributed by atoms with Crippen molar-refractivity contribution < 1.29 is 23.6 Å². The molecule has 3 heterocycles. The highest BCUT2D eigenvalue weighted by atomic mass is 16.6. The number of hydrogen-bond acceptors (Lipinski definition) is 8. The third kappa shape index (κ3) is 3.57. The minimum atomic E-state index is -0.778. The molecule has 3 rings (SSSR count). The fourth-order valence-electron chi connectivity index (χ4n) is 2.64. The van der Waals surface area contributed by atoms with Gasteiger partial charge in [0, 0.05) is 23.7 Å². The molecule has 3 aromatic rings. The van der Waals surface area contributed by atoms with E-state index >= 15 is 0 Å². The van der Waals surface area contributed by atoms with Crippen molar-refractivity contribution in [1.82, 2.24) is 20.1 Å². The lowest BCUT2D eigenvalue weighted by atomic mass is 10.1. The van der Waals surface area contributed by atoms with E-state index < -0.39 is 18.0 Å². The number of ether oxygens (including phenoxy) is 2. The van der Waals surface area contributed by atoms with E-state index in [1.807, 2.05) is 0 Å². The Kier molecular flexibility index (Phi) is 5.02. The third-order valence-electron chi connectivity index (χ3n) is 4.02. The Morgan fingerprint density at radius 3 is 2.70 bits per heavy atom. The van der Waals surface area contributed by atoms with Crippen LogP contribution in [0.1, 0.15) is 51.0 Å². The van der Waals surface area contributed by atoms with E-state index in [0.717, 1.165) is 0 Å². The number of methoxy groups -OCH3 is 1. The predicted molar refractivity (Wildman–Crippen MR) is 93.0 cm³/mol. The van der Waals surface area contributed by atoms with Gasteiger partial charge in [-0.05, 0) is 38.5 Å². The van der Waals surface area contributed by atoms with E-state index in [1.165, 1.54) is 7.11 Å². The number of aromatic nitrogens is 4. The van der Waals surface area contributed by atoms with E-state index in [-0.39, 0.29) is 11.6 Å². The standard InChI is InChI=1S/C18H18N4O5/c1-9-13(17(23)25-4)10(2)20-14(9)18(24)26-11(3)16-21-15(22-27-16)12-6-5-7-19-8-12/h5-8,11,20H,1-4H3. The maximum absolute atomic E-state index is 12.5. The summed E-state index contributed by atoms with van der Waals surface area (Å²) in [6.45, 7) is 4.94. The molecule has 0 aliphatic carbocycles. The molecule has 0 spiro atoms. The van der Waals surface area contributed by atoms with E-state index in [4.69, 9.17) is 14.0 Å². The summed E-state index contributed by atoms with van der Waals surface area (Å²) < 4.78 is 15.3. The maximum Gasteiger partial charge on any atom is 0.355 e. The number of carbonyl (C=O) groups is 2. The van der Waals surface area contributed by atoms with Gasteiger partial charge in [0.2, 0.25) is 5.82 Å². The van der Waals surface area contributed by atoms with Gasteiger partial charge in [-0.3, -0.25) is 4.98 Å². The average molecular weight is 370 g/mol. The number of esters is 2. The molecule has 0 saturated carbocycles. The van der Waals surface area contributed by atoms with Gasteiger partial charge < -0.3 is 19.0 Å². The predicted octanol–water partition coefficient (Wildman–Crippen LogP) is 2.78. The van der Waals surface area contributed by atoms with Crippen LogP contribution < -0.4 is 0 Å².